The van der Waals surface area contributed by atoms with Crippen LogP contribution in [0.1, 0.15) is 17.2 Å². The number of para-hydroxylation sites is 1. The second-order valence-corrected chi connectivity index (χ2v) is 6.64. The van der Waals surface area contributed by atoms with Crippen molar-refractivity contribution < 1.29 is 0 Å². The predicted octanol–water partition coefficient (Wildman–Crippen LogP) is 4.65. The maximum atomic E-state index is 6.49. The Morgan fingerprint density at radius 3 is 2.70 bits per heavy atom. The van der Waals surface area contributed by atoms with Gasteiger partial charge in [-0.25, -0.2) is 0 Å². The lowest BCUT2D eigenvalue weighted by atomic mass is 9.97. The number of hydrogen-bond donors (Lipinski definition) is 1. The zero-order valence-electron chi connectivity index (χ0n) is 10.6. The van der Waals surface area contributed by atoms with Gasteiger partial charge in [0.05, 0.1) is 11.6 Å². The molecule has 0 radical (unpaired) electrons. The van der Waals surface area contributed by atoms with Crippen LogP contribution in [0.2, 0.25) is 0 Å². The topological polar surface area (TPSA) is 38.9 Å². The molecule has 2 aromatic carbocycles. The van der Waals surface area contributed by atoms with E-state index in [4.69, 9.17) is 5.73 Å². The Labute approximate surface area is 139 Å². The zero-order chi connectivity index (χ0) is 14.1. The van der Waals surface area contributed by atoms with Crippen LogP contribution in [-0.4, -0.2) is 4.98 Å². The van der Waals surface area contributed by atoms with Crippen LogP contribution < -0.4 is 5.73 Å². The Balaban J connectivity index is 2.17. The van der Waals surface area contributed by atoms with Crippen molar-refractivity contribution in [3.05, 3.63) is 73.9 Å². The van der Waals surface area contributed by atoms with Gasteiger partial charge in [0.25, 0.3) is 0 Å². The van der Waals surface area contributed by atoms with Crippen molar-refractivity contribution in [3.8, 4) is 0 Å². The first kappa shape index (κ1) is 14.0. The fraction of sp³-hybridized carbons (Fsp3) is 0.0625. The highest BCUT2D eigenvalue weighted by Crippen LogP contribution is 2.30. The van der Waals surface area contributed by atoms with E-state index in [1.807, 2.05) is 24.4 Å². The van der Waals surface area contributed by atoms with Crippen molar-refractivity contribution in [3.63, 3.8) is 0 Å². The molecule has 0 aliphatic rings. The zero-order valence-corrected chi connectivity index (χ0v) is 14.3. The SMILES string of the molecule is NC(c1cc(Br)ccc1I)c1cccc2cccnc12. The number of nitrogens with two attached hydrogens (primary N) is 1. The number of fused-ring (bicyclic) bond motifs is 1. The Hall–Kier alpha value is -0.980. The van der Waals surface area contributed by atoms with Gasteiger partial charge < -0.3 is 5.73 Å². The largest absolute Gasteiger partial charge is 0.320 e. The minimum absolute atomic E-state index is 0.182. The third-order valence-electron chi connectivity index (χ3n) is 3.29. The monoisotopic (exact) mass is 438 g/mol. The van der Waals surface area contributed by atoms with E-state index in [1.165, 1.54) is 0 Å². The summed E-state index contributed by atoms with van der Waals surface area (Å²) in [6.07, 6.45) is 1.81. The summed E-state index contributed by atoms with van der Waals surface area (Å²) < 4.78 is 2.20. The molecule has 100 valence electrons. The van der Waals surface area contributed by atoms with Gasteiger partial charge in [0.1, 0.15) is 0 Å². The molecule has 1 heterocycles. The highest BCUT2D eigenvalue weighted by molar-refractivity contribution is 14.1. The molecule has 0 aliphatic carbocycles. The molecule has 3 aromatic rings. The van der Waals surface area contributed by atoms with Gasteiger partial charge in [0, 0.05) is 19.6 Å². The van der Waals surface area contributed by atoms with E-state index >= 15 is 0 Å². The van der Waals surface area contributed by atoms with Gasteiger partial charge in [-0.05, 0) is 58.0 Å². The normalized spacial score (nSPS) is 12.6. The molecule has 2 nitrogen and oxygen atoms in total. The van der Waals surface area contributed by atoms with Crippen LogP contribution in [0.4, 0.5) is 0 Å². The summed E-state index contributed by atoms with van der Waals surface area (Å²) in [7, 11) is 0. The molecule has 1 unspecified atom stereocenters. The van der Waals surface area contributed by atoms with E-state index in [-0.39, 0.29) is 6.04 Å². The second-order valence-electron chi connectivity index (χ2n) is 4.57. The van der Waals surface area contributed by atoms with Gasteiger partial charge >= 0.3 is 0 Å². The van der Waals surface area contributed by atoms with Crippen LogP contribution >= 0.6 is 38.5 Å². The highest BCUT2D eigenvalue weighted by Gasteiger charge is 2.15. The van der Waals surface area contributed by atoms with E-state index in [0.717, 1.165) is 30.1 Å². The van der Waals surface area contributed by atoms with Crippen LogP contribution in [0.25, 0.3) is 10.9 Å². The molecule has 0 fully saturated rings. The van der Waals surface area contributed by atoms with Gasteiger partial charge in [0.2, 0.25) is 0 Å². The molecule has 0 saturated heterocycles. The van der Waals surface area contributed by atoms with Gasteiger partial charge in [-0.2, -0.15) is 0 Å². The standard InChI is InChI=1S/C16H12BrIN2/c17-11-6-7-14(18)13(9-11)15(19)12-5-1-3-10-4-2-8-20-16(10)12/h1-9,15H,19H2. The molecule has 0 amide bonds. The molecular formula is C16H12BrIN2. The lowest BCUT2D eigenvalue weighted by molar-refractivity contribution is 0.870. The van der Waals surface area contributed by atoms with Crippen molar-refractivity contribution in [1.82, 2.24) is 4.98 Å². The van der Waals surface area contributed by atoms with Crippen molar-refractivity contribution >= 4 is 49.4 Å². The quantitative estimate of drug-likeness (QED) is 0.591. The van der Waals surface area contributed by atoms with Crippen LogP contribution in [0.5, 0.6) is 0 Å². The minimum Gasteiger partial charge on any atom is -0.320 e. The average Bonchev–Trinajstić information content (AvgIpc) is 2.48. The Morgan fingerprint density at radius 2 is 1.85 bits per heavy atom. The molecular weight excluding hydrogens is 427 g/mol. The molecule has 4 heteroatoms. The highest BCUT2D eigenvalue weighted by atomic mass is 127. The van der Waals surface area contributed by atoms with Crippen molar-refractivity contribution in [2.24, 2.45) is 5.73 Å². The number of aromatic nitrogens is 1. The van der Waals surface area contributed by atoms with E-state index in [1.54, 1.807) is 0 Å². The minimum atomic E-state index is -0.182. The van der Waals surface area contributed by atoms with Crippen molar-refractivity contribution in [1.29, 1.82) is 0 Å². The summed E-state index contributed by atoms with van der Waals surface area (Å²) in [5.41, 5.74) is 9.62. The third-order valence-corrected chi connectivity index (χ3v) is 4.77. The molecule has 0 spiro atoms. The Morgan fingerprint density at radius 1 is 1.05 bits per heavy atom. The summed E-state index contributed by atoms with van der Waals surface area (Å²) in [5, 5.41) is 1.12. The van der Waals surface area contributed by atoms with E-state index in [0.29, 0.717) is 0 Å². The summed E-state index contributed by atoms with van der Waals surface area (Å²) in [4.78, 5) is 4.49. The van der Waals surface area contributed by atoms with Crippen LogP contribution in [0, 0.1) is 3.57 Å². The fourth-order valence-corrected chi connectivity index (χ4v) is 3.35. The molecule has 0 aliphatic heterocycles. The molecule has 2 N–H and O–H groups in total. The molecule has 20 heavy (non-hydrogen) atoms. The first-order valence-electron chi connectivity index (χ1n) is 6.21. The van der Waals surface area contributed by atoms with Crippen LogP contribution in [-0.2, 0) is 0 Å². The molecule has 0 saturated carbocycles. The number of nitrogens with zero attached hydrogens (tertiary/aromatic N) is 1. The van der Waals surface area contributed by atoms with E-state index < -0.39 is 0 Å². The summed E-state index contributed by atoms with van der Waals surface area (Å²) in [6, 6.07) is 16.1. The second kappa shape index (κ2) is 5.79. The maximum Gasteiger partial charge on any atom is 0.0753 e. The van der Waals surface area contributed by atoms with Gasteiger partial charge in [-0.1, -0.05) is 40.2 Å². The van der Waals surface area contributed by atoms with Crippen LogP contribution in [0.15, 0.2) is 59.2 Å². The maximum absolute atomic E-state index is 6.49. The smallest absolute Gasteiger partial charge is 0.0753 e. The van der Waals surface area contributed by atoms with Gasteiger partial charge in [-0.15, -0.1) is 0 Å². The number of hydrogen-bond acceptors (Lipinski definition) is 2. The number of halogens is 2. The lowest BCUT2D eigenvalue weighted by Gasteiger charge is -2.16. The lowest BCUT2D eigenvalue weighted by Crippen LogP contribution is -2.14. The van der Waals surface area contributed by atoms with E-state index in [9.17, 15) is 0 Å². The average molecular weight is 439 g/mol. The molecule has 3 rings (SSSR count). The number of rotatable bonds is 2. The Kier molecular flexibility index (Phi) is 4.05. The number of pyridine rings is 1. The van der Waals surface area contributed by atoms with Crippen molar-refractivity contribution in [2.45, 2.75) is 6.04 Å². The third kappa shape index (κ3) is 2.60. The Bertz CT molecular complexity index is 768. The summed E-state index contributed by atoms with van der Waals surface area (Å²) >= 11 is 5.83. The summed E-state index contributed by atoms with van der Waals surface area (Å²) in [5.74, 6) is 0. The predicted molar refractivity (Wildman–Crippen MR) is 94.6 cm³/mol. The molecule has 1 aromatic heterocycles. The first-order valence-corrected chi connectivity index (χ1v) is 8.08. The van der Waals surface area contributed by atoms with Crippen LogP contribution in [0.3, 0.4) is 0 Å². The van der Waals surface area contributed by atoms with Gasteiger partial charge in [0.15, 0.2) is 0 Å². The molecule has 1 atom stereocenters. The molecule has 0 bridgehead atoms. The summed E-state index contributed by atoms with van der Waals surface area (Å²) in [6.45, 7) is 0. The number of benzene rings is 2. The van der Waals surface area contributed by atoms with Gasteiger partial charge in [-0.3, -0.25) is 4.98 Å². The fourth-order valence-electron chi connectivity index (χ4n) is 2.30. The first-order chi connectivity index (χ1) is 9.66. The van der Waals surface area contributed by atoms with E-state index in [2.05, 4.69) is 73.8 Å². The van der Waals surface area contributed by atoms with Crippen molar-refractivity contribution in [2.75, 3.05) is 0 Å².